The van der Waals surface area contributed by atoms with Crippen molar-refractivity contribution in [1.29, 1.82) is 0 Å². The molecule has 2 aliphatic carbocycles. The summed E-state index contributed by atoms with van der Waals surface area (Å²) >= 11 is 0. The Balaban J connectivity index is 1.13. The SMILES string of the molecule is CC1(C)c2ccccc2-c2cc(-c3c4ccc([Si](c5ccccc5)(c5ccccc5)c5ccccc5)cc4c(-c4ccc5c(c4)-c4ccccc4C5(C)C)c4ccc([Si](c5ccccc5)(c5ccccc5)c5ccccc5)cc34)ccc21. The summed E-state index contributed by atoms with van der Waals surface area (Å²) in [6.45, 7) is 9.57. The molecule has 390 valence electrons. The van der Waals surface area contributed by atoms with Gasteiger partial charge in [-0.15, -0.1) is 0 Å². The second-order valence-electron chi connectivity index (χ2n) is 23.8. The van der Waals surface area contributed by atoms with Crippen LogP contribution in [0.1, 0.15) is 49.9 Å². The monoisotopic (exact) mass is 1080 g/mol. The molecule has 0 aliphatic heterocycles. The first-order valence-electron chi connectivity index (χ1n) is 29.1. The van der Waals surface area contributed by atoms with E-state index in [0.717, 1.165) is 0 Å². The highest BCUT2D eigenvalue weighted by Crippen LogP contribution is 2.53. The van der Waals surface area contributed by atoms with Crippen molar-refractivity contribution in [2.75, 3.05) is 0 Å². The Morgan fingerprint density at radius 3 is 0.780 bits per heavy atom. The number of hydrogen-bond donors (Lipinski definition) is 0. The predicted molar refractivity (Wildman–Crippen MR) is 355 cm³/mol. The van der Waals surface area contributed by atoms with E-state index in [2.05, 4.69) is 331 Å². The minimum Gasteiger partial charge on any atom is -0.0623 e. The van der Waals surface area contributed by atoms with Crippen LogP contribution in [-0.4, -0.2) is 16.1 Å². The topological polar surface area (TPSA) is 0 Å². The molecule has 13 aromatic carbocycles. The van der Waals surface area contributed by atoms with Gasteiger partial charge >= 0.3 is 0 Å². The van der Waals surface area contributed by atoms with E-state index in [0.29, 0.717) is 0 Å². The molecule has 15 rings (SSSR count). The summed E-state index contributed by atoms with van der Waals surface area (Å²) in [5.41, 5.74) is 15.5. The summed E-state index contributed by atoms with van der Waals surface area (Å²) in [4.78, 5) is 0. The van der Waals surface area contributed by atoms with E-state index in [1.54, 1.807) is 0 Å². The van der Waals surface area contributed by atoms with Crippen molar-refractivity contribution < 1.29 is 0 Å². The van der Waals surface area contributed by atoms with Crippen LogP contribution in [0.15, 0.2) is 303 Å². The van der Waals surface area contributed by atoms with E-state index < -0.39 is 16.1 Å². The molecule has 2 heteroatoms. The minimum atomic E-state index is -3.00. The van der Waals surface area contributed by atoms with Crippen LogP contribution in [0.25, 0.3) is 66.1 Å². The Kier molecular flexibility index (Phi) is 11.7. The lowest BCUT2D eigenvalue weighted by molar-refractivity contribution is 0.660. The maximum Gasteiger partial charge on any atom is 0.179 e. The van der Waals surface area contributed by atoms with E-state index >= 15 is 0 Å². The van der Waals surface area contributed by atoms with Gasteiger partial charge in [-0.2, -0.15) is 0 Å². The Labute approximate surface area is 484 Å². The van der Waals surface area contributed by atoms with Crippen LogP contribution >= 0.6 is 0 Å². The molecular formula is C80H62Si2. The second kappa shape index (κ2) is 19.2. The first-order valence-corrected chi connectivity index (χ1v) is 33.1. The van der Waals surface area contributed by atoms with Crippen LogP contribution in [0.2, 0.25) is 0 Å². The molecule has 0 heterocycles. The van der Waals surface area contributed by atoms with Crippen molar-refractivity contribution in [3.63, 3.8) is 0 Å². The van der Waals surface area contributed by atoms with E-state index in [1.807, 2.05) is 0 Å². The number of hydrogen-bond acceptors (Lipinski definition) is 0. The average molecular weight is 1080 g/mol. The third-order valence-electron chi connectivity index (χ3n) is 19.0. The van der Waals surface area contributed by atoms with E-state index in [9.17, 15) is 0 Å². The molecule has 0 saturated heterocycles. The maximum atomic E-state index is 2.65. The lowest BCUT2D eigenvalue weighted by atomic mass is 9.81. The zero-order valence-corrected chi connectivity index (χ0v) is 48.9. The number of benzene rings is 13. The summed E-state index contributed by atoms with van der Waals surface area (Å²) in [6, 6.07) is 117. The molecule has 0 amide bonds. The Morgan fingerprint density at radius 1 is 0.207 bits per heavy atom. The quantitative estimate of drug-likeness (QED) is 0.0727. The van der Waals surface area contributed by atoms with Gasteiger partial charge in [0.2, 0.25) is 0 Å². The van der Waals surface area contributed by atoms with Crippen LogP contribution in [0.5, 0.6) is 0 Å². The van der Waals surface area contributed by atoms with Gasteiger partial charge in [0.05, 0.1) is 0 Å². The van der Waals surface area contributed by atoms with E-state index in [1.165, 1.54) is 130 Å². The molecule has 13 aromatic rings. The molecule has 0 spiro atoms. The highest BCUT2D eigenvalue weighted by atomic mass is 28.3. The molecule has 0 fully saturated rings. The summed E-state index contributed by atoms with van der Waals surface area (Å²) < 4.78 is 0. The van der Waals surface area contributed by atoms with Gasteiger partial charge in [-0.25, -0.2) is 0 Å². The van der Waals surface area contributed by atoms with Crippen molar-refractivity contribution in [3.8, 4) is 44.5 Å². The molecule has 0 unspecified atom stereocenters. The second-order valence-corrected chi connectivity index (χ2v) is 31.4. The first kappa shape index (κ1) is 49.8. The van der Waals surface area contributed by atoms with Crippen LogP contribution < -0.4 is 41.5 Å². The lowest BCUT2D eigenvalue weighted by Gasteiger charge is -2.35. The number of fused-ring (bicyclic) bond motifs is 8. The Morgan fingerprint density at radius 2 is 0.476 bits per heavy atom. The molecule has 0 bridgehead atoms. The van der Waals surface area contributed by atoms with Crippen molar-refractivity contribution >= 4 is 79.2 Å². The molecule has 0 radical (unpaired) electrons. The predicted octanol–water partition coefficient (Wildman–Crippen LogP) is 14.7. The molecule has 0 N–H and O–H groups in total. The molecule has 0 saturated carbocycles. The maximum absolute atomic E-state index is 3.00. The van der Waals surface area contributed by atoms with Crippen LogP contribution in [0.3, 0.4) is 0 Å². The summed E-state index contributed by atoms with van der Waals surface area (Å²) in [6.07, 6.45) is 0. The van der Waals surface area contributed by atoms with Crippen molar-refractivity contribution in [2.24, 2.45) is 0 Å². The van der Waals surface area contributed by atoms with E-state index in [-0.39, 0.29) is 10.8 Å². The highest BCUT2D eigenvalue weighted by molar-refractivity contribution is 7.20. The fourth-order valence-electron chi connectivity index (χ4n) is 15.2. The molecular weight excluding hydrogens is 1020 g/mol. The Hall–Kier alpha value is -9.19. The third kappa shape index (κ3) is 7.34. The van der Waals surface area contributed by atoms with Gasteiger partial charge in [0.15, 0.2) is 16.1 Å². The van der Waals surface area contributed by atoms with Crippen LogP contribution in [0.4, 0.5) is 0 Å². The van der Waals surface area contributed by atoms with Crippen LogP contribution in [0, 0.1) is 0 Å². The van der Waals surface area contributed by atoms with Gasteiger partial charge in [-0.1, -0.05) is 319 Å². The Bertz CT molecular complexity index is 4090. The van der Waals surface area contributed by atoms with Gasteiger partial charge in [0, 0.05) is 10.8 Å². The van der Waals surface area contributed by atoms with Crippen molar-refractivity contribution in [2.45, 2.75) is 38.5 Å². The van der Waals surface area contributed by atoms with Gasteiger partial charge in [0.1, 0.15) is 0 Å². The number of rotatable bonds is 10. The third-order valence-corrected chi connectivity index (χ3v) is 28.5. The zero-order valence-electron chi connectivity index (χ0n) is 46.9. The van der Waals surface area contributed by atoms with Crippen molar-refractivity contribution in [1.82, 2.24) is 0 Å². The smallest absolute Gasteiger partial charge is 0.0623 e. The van der Waals surface area contributed by atoms with Gasteiger partial charge in [-0.3, -0.25) is 0 Å². The molecule has 82 heavy (non-hydrogen) atoms. The largest absolute Gasteiger partial charge is 0.179 e. The highest BCUT2D eigenvalue weighted by Gasteiger charge is 2.44. The standard InChI is InChI=1S/C80H62Si2/c1-79(2)73-41-25-23-39-65(73)69-51-55(43-49-75(69)79)77-67-47-45-64(82(60-33-17-8-18-34-60,61-35-19-9-20-36-61)62-37-21-10-22-38-62)54-72(67)78(56-44-50-76-70(52-56)66-40-24-26-42-74(66)80(76,3)4)68-48-46-63(53-71(68)77)81(57-27-11-5-12-28-57,58-29-13-6-14-30-58)59-31-15-7-16-32-59/h5-54H,1-4H3. The van der Waals surface area contributed by atoms with Gasteiger partial charge in [0.25, 0.3) is 0 Å². The molecule has 0 atom stereocenters. The lowest BCUT2D eigenvalue weighted by Crippen LogP contribution is -2.74. The summed E-state index contributed by atoms with van der Waals surface area (Å²) in [7, 11) is -6.00. The first-order chi connectivity index (χ1) is 40.2. The zero-order chi connectivity index (χ0) is 55.2. The molecule has 2 aliphatic rings. The minimum absolute atomic E-state index is 0.131. The van der Waals surface area contributed by atoms with Gasteiger partial charge in [-0.05, 0) is 142 Å². The fraction of sp³-hybridized carbons (Fsp3) is 0.0750. The van der Waals surface area contributed by atoms with Crippen molar-refractivity contribution in [3.05, 3.63) is 326 Å². The van der Waals surface area contributed by atoms with Gasteiger partial charge < -0.3 is 0 Å². The van der Waals surface area contributed by atoms with Crippen LogP contribution in [-0.2, 0) is 10.8 Å². The fourth-order valence-corrected chi connectivity index (χ4v) is 24.7. The summed E-state index contributed by atoms with van der Waals surface area (Å²) in [5.74, 6) is 0. The molecule has 0 aromatic heterocycles. The van der Waals surface area contributed by atoms with E-state index in [4.69, 9.17) is 0 Å². The average Bonchev–Trinajstić information content (AvgIpc) is 1.35. The summed E-state index contributed by atoms with van der Waals surface area (Å²) in [5, 5.41) is 15.9. The normalized spacial score (nSPS) is 13.8. The molecule has 0 nitrogen and oxygen atoms in total.